The van der Waals surface area contributed by atoms with E-state index in [1.165, 1.54) is 17.1 Å². The number of rotatable bonds is 7. The molecule has 3 aliphatic rings. The van der Waals surface area contributed by atoms with Crippen LogP contribution in [0, 0.1) is 0 Å². The zero-order valence-corrected chi connectivity index (χ0v) is 22.4. The molecule has 9 nitrogen and oxygen atoms in total. The number of carbonyl (C=O) groups excluding carboxylic acids is 1. The first-order valence-corrected chi connectivity index (χ1v) is 14.7. The molecule has 0 radical (unpaired) electrons. The van der Waals surface area contributed by atoms with Crippen LogP contribution < -0.4 is 0 Å². The summed E-state index contributed by atoms with van der Waals surface area (Å²) >= 11 is 0. The van der Waals surface area contributed by atoms with Crippen LogP contribution in [0.25, 0.3) is 10.8 Å². The summed E-state index contributed by atoms with van der Waals surface area (Å²) in [6.07, 6.45) is 2.38. The fourth-order valence-electron chi connectivity index (χ4n) is 5.70. The molecule has 0 aromatic heterocycles. The van der Waals surface area contributed by atoms with Gasteiger partial charge in [-0.3, -0.25) is 9.69 Å². The summed E-state index contributed by atoms with van der Waals surface area (Å²) in [4.78, 5) is 19.9. The third kappa shape index (κ3) is 6.00. The van der Waals surface area contributed by atoms with Crippen molar-refractivity contribution in [1.82, 2.24) is 19.0 Å². The van der Waals surface area contributed by atoms with Gasteiger partial charge in [0.05, 0.1) is 30.8 Å². The average Bonchev–Trinajstić information content (AvgIpc) is 2.93. The van der Waals surface area contributed by atoms with Crippen molar-refractivity contribution >= 4 is 26.7 Å². The molecule has 10 heteroatoms. The maximum atomic E-state index is 13.7. The van der Waals surface area contributed by atoms with Gasteiger partial charge in [0.15, 0.2) is 0 Å². The highest BCUT2D eigenvalue weighted by atomic mass is 32.2. The minimum absolute atomic E-state index is 0.0387. The van der Waals surface area contributed by atoms with Crippen molar-refractivity contribution in [3.05, 3.63) is 42.5 Å². The van der Waals surface area contributed by atoms with Gasteiger partial charge in [-0.05, 0) is 44.4 Å². The molecule has 0 spiro atoms. The van der Waals surface area contributed by atoms with Gasteiger partial charge in [-0.1, -0.05) is 36.4 Å². The number of piperazine rings is 1. The summed E-state index contributed by atoms with van der Waals surface area (Å²) in [5, 5.41) is 1.58. The van der Waals surface area contributed by atoms with E-state index >= 15 is 0 Å². The molecule has 3 aliphatic heterocycles. The predicted molar refractivity (Wildman–Crippen MR) is 142 cm³/mol. The Balaban J connectivity index is 1.15. The van der Waals surface area contributed by atoms with Crippen LogP contribution >= 0.6 is 0 Å². The van der Waals surface area contributed by atoms with Gasteiger partial charge >= 0.3 is 0 Å². The van der Waals surface area contributed by atoms with Gasteiger partial charge in [-0.2, -0.15) is 4.31 Å². The van der Waals surface area contributed by atoms with E-state index in [2.05, 4.69) is 16.8 Å². The maximum absolute atomic E-state index is 13.7. The lowest BCUT2D eigenvalue weighted by molar-refractivity contribution is -0.139. The molecule has 0 bridgehead atoms. The van der Waals surface area contributed by atoms with Crippen LogP contribution in [0.2, 0.25) is 0 Å². The first-order chi connectivity index (χ1) is 17.9. The lowest BCUT2D eigenvalue weighted by Crippen LogP contribution is -2.54. The number of ether oxygens (including phenoxy) is 2. The lowest BCUT2D eigenvalue weighted by Gasteiger charge is -2.42. The average molecular weight is 531 g/mol. The fourth-order valence-corrected chi connectivity index (χ4v) is 7.50. The summed E-state index contributed by atoms with van der Waals surface area (Å²) in [5.74, 6) is -0.0387. The number of hydrogen-bond donors (Lipinski definition) is 0. The van der Waals surface area contributed by atoms with E-state index in [1.807, 2.05) is 35.2 Å². The van der Waals surface area contributed by atoms with E-state index < -0.39 is 16.1 Å². The van der Waals surface area contributed by atoms with Gasteiger partial charge in [0, 0.05) is 44.2 Å². The minimum atomic E-state index is -3.76. The van der Waals surface area contributed by atoms with E-state index in [-0.39, 0.29) is 37.2 Å². The van der Waals surface area contributed by atoms with Crippen LogP contribution in [0.5, 0.6) is 0 Å². The van der Waals surface area contributed by atoms with Crippen molar-refractivity contribution < 1.29 is 22.7 Å². The van der Waals surface area contributed by atoms with Crippen molar-refractivity contribution in [2.75, 3.05) is 79.3 Å². The predicted octanol–water partition coefficient (Wildman–Crippen LogP) is 1.48. The first-order valence-electron chi connectivity index (χ1n) is 13.3. The second-order valence-corrected chi connectivity index (χ2v) is 12.1. The number of sulfonamides is 1. The van der Waals surface area contributed by atoms with E-state index in [1.54, 1.807) is 12.1 Å². The molecular formula is C27H38N4O5S. The van der Waals surface area contributed by atoms with Crippen LogP contribution in [0.3, 0.4) is 0 Å². The zero-order chi connectivity index (χ0) is 25.8. The Morgan fingerprint density at radius 2 is 1.70 bits per heavy atom. The Labute approximate surface area is 219 Å². The third-order valence-corrected chi connectivity index (χ3v) is 9.93. The molecule has 1 amide bonds. The number of morpholine rings is 1. The summed E-state index contributed by atoms with van der Waals surface area (Å²) in [7, 11) is -1.59. The number of likely N-dealkylation sites (tertiary alicyclic amines) is 1. The Hall–Kier alpha value is -2.08. The normalized spacial score (nSPS) is 23.5. The fraction of sp³-hybridized carbons (Fsp3) is 0.593. The molecule has 0 aliphatic carbocycles. The molecule has 0 unspecified atom stereocenters. The molecule has 37 heavy (non-hydrogen) atoms. The van der Waals surface area contributed by atoms with Gasteiger partial charge in [-0.15, -0.1) is 0 Å². The van der Waals surface area contributed by atoms with Crippen LogP contribution in [0.1, 0.15) is 12.8 Å². The number of hydrogen-bond acceptors (Lipinski definition) is 7. The Bertz CT molecular complexity index is 1170. The van der Waals surface area contributed by atoms with E-state index in [0.717, 1.165) is 31.6 Å². The molecule has 3 saturated heterocycles. The van der Waals surface area contributed by atoms with Crippen LogP contribution in [0.15, 0.2) is 47.4 Å². The molecule has 5 rings (SSSR count). The Morgan fingerprint density at radius 1 is 0.973 bits per heavy atom. The quantitative estimate of drug-likeness (QED) is 0.536. The van der Waals surface area contributed by atoms with E-state index in [4.69, 9.17) is 9.47 Å². The highest BCUT2D eigenvalue weighted by Gasteiger charge is 2.35. The number of piperidine rings is 1. The van der Waals surface area contributed by atoms with Crippen LogP contribution in [-0.2, 0) is 24.3 Å². The molecule has 1 atom stereocenters. The smallest absolute Gasteiger partial charge is 0.248 e. The van der Waals surface area contributed by atoms with Gasteiger partial charge in [0.1, 0.15) is 6.61 Å². The molecular weight excluding hydrogens is 492 g/mol. The third-order valence-electron chi connectivity index (χ3n) is 7.92. The largest absolute Gasteiger partial charge is 0.378 e. The number of carbonyl (C=O) groups is 1. The Morgan fingerprint density at radius 3 is 2.49 bits per heavy atom. The second-order valence-electron chi connectivity index (χ2n) is 10.3. The first kappa shape index (κ1) is 26.5. The van der Waals surface area contributed by atoms with Crippen molar-refractivity contribution in [3.8, 4) is 0 Å². The summed E-state index contributed by atoms with van der Waals surface area (Å²) in [6, 6.07) is 13.0. The number of nitrogens with zero attached hydrogens (tertiary/aromatic N) is 4. The maximum Gasteiger partial charge on any atom is 0.248 e. The Kier molecular flexibility index (Phi) is 8.43. The minimum Gasteiger partial charge on any atom is -0.378 e. The molecule has 202 valence electrons. The summed E-state index contributed by atoms with van der Waals surface area (Å²) in [5.41, 5.74) is 0. The summed E-state index contributed by atoms with van der Waals surface area (Å²) in [6.45, 7) is 6.39. The van der Waals surface area contributed by atoms with E-state index in [9.17, 15) is 13.2 Å². The SMILES string of the molecule is CN1CCC(N2CCN(C(=O)COC[C@@H]3COCCN3S(=O)(=O)c3cccc4ccccc34)CC2)CC1. The van der Waals surface area contributed by atoms with Crippen molar-refractivity contribution in [2.45, 2.75) is 29.8 Å². The van der Waals surface area contributed by atoms with Crippen molar-refractivity contribution in [1.29, 1.82) is 0 Å². The van der Waals surface area contributed by atoms with Gasteiger partial charge in [0.25, 0.3) is 0 Å². The standard InChI is InChI=1S/C27H38N4O5S/c1-28-11-9-23(10-12-28)29-13-15-30(16-14-29)27(32)21-36-20-24-19-35-18-17-31(24)37(33,34)26-8-4-6-22-5-2-3-7-25(22)26/h2-8,23-24H,9-21H2,1H3/t24-/m0/s1. The molecule has 2 aromatic rings. The van der Waals surface area contributed by atoms with Gasteiger partial charge in [-0.25, -0.2) is 8.42 Å². The second kappa shape index (κ2) is 11.8. The van der Waals surface area contributed by atoms with Crippen molar-refractivity contribution in [2.24, 2.45) is 0 Å². The van der Waals surface area contributed by atoms with Crippen LogP contribution in [0.4, 0.5) is 0 Å². The lowest BCUT2D eigenvalue weighted by atomic mass is 10.0. The number of benzene rings is 2. The molecule has 3 heterocycles. The molecule has 2 aromatic carbocycles. The number of fused-ring (bicyclic) bond motifs is 1. The molecule has 3 fully saturated rings. The number of amides is 1. The zero-order valence-electron chi connectivity index (χ0n) is 21.6. The van der Waals surface area contributed by atoms with E-state index in [0.29, 0.717) is 31.1 Å². The highest BCUT2D eigenvalue weighted by Crippen LogP contribution is 2.28. The molecule has 0 saturated carbocycles. The monoisotopic (exact) mass is 530 g/mol. The topological polar surface area (TPSA) is 82.6 Å². The summed E-state index contributed by atoms with van der Waals surface area (Å²) < 4.78 is 40.2. The van der Waals surface area contributed by atoms with Gasteiger partial charge in [0.2, 0.25) is 15.9 Å². The highest BCUT2D eigenvalue weighted by molar-refractivity contribution is 7.89. The van der Waals surface area contributed by atoms with Gasteiger partial charge < -0.3 is 19.3 Å². The van der Waals surface area contributed by atoms with Crippen molar-refractivity contribution in [3.63, 3.8) is 0 Å². The molecule has 0 N–H and O–H groups in total. The van der Waals surface area contributed by atoms with Crippen LogP contribution in [-0.4, -0.2) is 125 Å².